The van der Waals surface area contributed by atoms with Crippen molar-refractivity contribution in [3.8, 4) is 0 Å². The Morgan fingerprint density at radius 1 is 1.44 bits per heavy atom. The van der Waals surface area contributed by atoms with Crippen LogP contribution in [0.5, 0.6) is 0 Å². The van der Waals surface area contributed by atoms with Crippen LogP contribution in [0.3, 0.4) is 0 Å². The van der Waals surface area contributed by atoms with Gasteiger partial charge in [-0.1, -0.05) is 22.0 Å². The molecule has 0 unspecified atom stereocenters. The summed E-state index contributed by atoms with van der Waals surface area (Å²) in [6, 6.07) is 5.87. The lowest BCUT2D eigenvalue weighted by Crippen LogP contribution is -2.12. The fraction of sp³-hybridized carbons (Fsp3) is 0.462. The quantitative estimate of drug-likeness (QED) is 0.786. The summed E-state index contributed by atoms with van der Waals surface area (Å²) in [7, 11) is 1.65. The lowest BCUT2D eigenvalue weighted by atomic mass is 10.2. The number of carbonyl (C=O) groups excluding carboxylic acids is 1. The van der Waals surface area contributed by atoms with E-state index in [9.17, 15) is 4.79 Å². The zero-order valence-corrected chi connectivity index (χ0v) is 12.2. The topological polar surface area (TPSA) is 47.6 Å². The average molecular weight is 316 g/mol. The Kier molecular flexibility index (Phi) is 6.75. The van der Waals surface area contributed by atoms with E-state index in [1.165, 1.54) is 0 Å². The summed E-state index contributed by atoms with van der Waals surface area (Å²) in [6.07, 6.45) is 0.354. The first-order chi connectivity index (χ1) is 8.69. The molecule has 0 atom stereocenters. The molecule has 0 saturated heterocycles. The first-order valence-corrected chi connectivity index (χ1v) is 6.64. The Morgan fingerprint density at radius 3 is 2.89 bits per heavy atom. The van der Waals surface area contributed by atoms with Crippen LogP contribution in [-0.4, -0.2) is 26.2 Å². The molecule has 0 bridgehead atoms. The van der Waals surface area contributed by atoms with Crippen LogP contribution in [-0.2, 0) is 20.9 Å². The number of rotatable bonds is 7. The molecule has 0 amide bonds. The van der Waals surface area contributed by atoms with Crippen LogP contribution in [0.1, 0.15) is 18.9 Å². The maximum atomic E-state index is 11.2. The van der Waals surface area contributed by atoms with Gasteiger partial charge in [-0.25, -0.2) is 0 Å². The van der Waals surface area contributed by atoms with Gasteiger partial charge in [0.1, 0.15) is 0 Å². The highest BCUT2D eigenvalue weighted by Gasteiger charge is 2.07. The summed E-state index contributed by atoms with van der Waals surface area (Å²) in [5.41, 5.74) is 2.01. The predicted octanol–water partition coefficient (Wildman–Crippen LogP) is 2.96. The van der Waals surface area contributed by atoms with E-state index in [4.69, 9.17) is 9.47 Å². The van der Waals surface area contributed by atoms with Crippen LogP contribution in [0.15, 0.2) is 22.7 Å². The summed E-state index contributed by atoms with van der Waals surface area (Å²) < 4.78 is 11.0. The van der Waals surface area contributed by atoms with Crippen LogP contribution < -0.4 is 5.32 Å². The highest BCUT2D eigenvalue weighted by Crippen LogP contribution is 2.25. The molecule has 1 aromatic carbocycles. The third-order valence-electron chi connectivity index (χ3n) is 2.36. The molecular formula is C13H18BrNO3. The molecule has 18 heavy (non-hydrogen) atoms. The number of nitrogens with one attached hydrogen (secondary N) is 1. The lowest BCUT2D eigenvalue weighted by molar-refractivity contribution is -0.142. The zero-order chi connectivity index (χ0) is 13.4. The van der Waals surface area contributed by atoms with E-state index in [0.29, 0.717) is 26.2 Å². The number of hydrogen-bond acceptors (Lipinski definition) is 4. The van der Waals surface area contributed by atoms with Crippen molar-refractivity contribution >= 4 is 27.6 Å². The molecule has 0 aliphatic heterocycles. The predicted molar refractivity (Wildman–Crippen MR) is 74.6 cm³/mol. The Morgan fingerprint density at radius 2 is 2.22 bits per heavy atom. The molecule has 0 spiro atoms. The molecule has 4 nitrogen and oxygen atoms in total. The molecule has 100 valence electrons. The Labute approximate surface area is 116 Å². The largest absolute Gasteiger partial charge is 0.466 e. The van der Waals surface area contributed by atoms with Crippen LogP contribution in [0.2, 0.25) is 0 Å². The Hall–Kier alpha value is -1.07. The van der Waals surface area contributed by atoms with Gasteiger partial charge in [0.2, 0.25) is 0 Å². The monoisotopic (exact) mass is 315 g/mol. The molecular weight excluding hydrogens is 298 g/mol. The molecule has 0 saturated carbocycles. The van der Waals surface area contributed by atoms with Gasteiger partial charge in [0.05, 0.1) is 19.6 Å². The van der Waals surface area contributed by atoms with Crippen LogP contribution >= 0.6 is 15.9 Å². The highest BCUT2D eigenvalue weighted by atomic mass is 79.9. The van der Waals surface area contributed by atoms with Gasteiger partial charge in [0.25, 0.3) is 0 Å². The number of ether oxygens (including phenoxy) is 2. The van der Waals surface area contributed by atoms with E-state index in [1.807, 2.05) is 18.2 Å². The summed E-state index contributed by atoms with van der Waals surface area (Å²) in [5, 5.41) is 3.22. The summed E-state index contributed by atoms with van der Waals surface area (Å²) in [6.45, 7) is 3.29. The van der Waals surface area contributed by atoms with Crippen molar-refractivity contribution in [2.24, 2.45) is 0 Å². The fourth-order valence-corrected chi connectivity index (χ4v) is 2.03. The smallest absolute Gasteiger partial charge is 0.307 e. The number of hydrogen-bond donors (Lipinski definition) is 1. The van der Waals surface area contributed by atoms with Gasteiger partial charge >= 0.3 is 5.97 Å². The van der Waals surface area contributed by atoms with Crippen LogP contribution in [0.4, 0.5) is 5.69 Å². The number of esters is 1. The minimum absolute atomic E-state index is 0.187. The minimum Gasteiger partial charge on any atom is -0.466 e. The Balaban J connectivity index is 2.56. The molecule has 1 aromatic rings. The first-order valence-electron chi connectivity index (χ1n) is 5.84. The molecule has 0 aliphatic rings. The van der Waals surface area contributed by atoms with Gasteiger partial charge in [-0.3, -0.25) is 4.79 Å². The summed E-state index contributed by atoms with van der Waals surface area (Å²) in [5.74, 6) is -0.187. The molecule has 1 rings (SSSR count). The average Bonchev–Trinajstić information content (AvgIpc) is 2.34. The van der Waals surface area contributed by atoms with Gasteiger partial charge in [-0.05, 0) is 19.1 Å². The number of methoxy groups -OCH3 is 1. The number of carbonyl (C=O) groups is 1. The van der Waals surface area contributed by atoms with Crippen molar-refractivity contribution in [1.82, 2.24) is 0 Å². The van der Waals surface area contributed by atoms with E-state index < -0.39 is 0 Å². The first kappa shape index (κ1) is 15.0. The van der Waals surface area contributed by atoms with Crippen LogP contribution in [0, 0.1) is 0 Å². The van der Waals surface area contributed by atoms with E-state index in [1.54, 1.807) is 14.0 Å². The number of benzene rings is 1. The SMILES string of the molecule is CCOC(=O)CCNc1cccc(Br)c1COC. The highest BCUT2D eigenvalue weighted by molar-refractivity contribution is 9.10. The van der Waals surface area contributed by atoms with Crippen molar-refractivity contribution in [3.63, 3.8) is 0 Å². The lowest BCUT2D eigenvalue weighted by Gasteiger charge is -2.12. The van der Waals surface area contributed by atoms with Crippen molar-refractivity contribution in [1.29, 1.82) is 0 Å². The fourth-order valence-electron chi connectivity index (χ4n) is 1.55. The van der Waals surface area contributed by atoms with Gasteiger partial charge in [-0.15, -0.1) is 0 Å². The maximum Gasteiger partial charge on any atom is 0.307 e. The normalized spacial score (nSPS) is 10.2. The molecule has 0 heterocycles. The maximum absolute atomic E-state index is 11.2. The van der Waals surface area contributed by atoms with Gasteiger partial charge in [-0.2, -0.15) is 0 Å². The van der Waals surface area contributed by atoms with Gasteiger partial charge < -0.3 is 14.8 Å². The molecule has 1 N–H and O–H groups in total. The summed E-state index contributed by atoms with van der Waals surface area (Å²) in [4.78, 5) is 11.2. The van der Waals surface area contributed by atoms with Crippen molar-refractivity contribution in [2.75, 3.05) is 25.6 Å². The van der Waals surface area contributed by atoms with Crippen molar-refractivity contribution < 1.29 is 14.3 Å². The number of halogens is 1. The van der Waals surface area contributed by atoms with E-state index >= 15 is 0 Å². The van der Waals surface area contributed by atoms with Gasteiger partial charge in [0.15, 0.2) is 0 Å². The second kappa shape index (κ2) is 8.11. The van der Waals surface area contributed by atoms with E-state index in [-0.39, 0.29) is 5.97 Å². The van der Waals surface area contributed by atoms with Gasteiger partial charge in [0, 0.05) is 29.4 Å². The second-order valence-corrected chi connectivity index (χ2v) is 4.54. The molecule has 0 aliphatic carbocycles. The summed E-state index contributed by atoms with van der Waals surface area (Å²) >= 11 is 3.48. The third kappa shape index (κ3) is 4.66. The molecule has 0 aromatic heterocycles. The molecule has 0 radical (unpaired) electrons. The van der Waals surface area contributed by atoms with Crippen LogP contribution in [0.25, 0.3) is 0 Å². The Bertz CT molecular complexity index is 396. The van der Waals surface area contributed by atoms with Crippen molar-refractivity contribution in [2.45, 2.75) is 20.0 Å². The van der Waals surface area contributed by atoms with E-state index in [2.05, 4.69) is 21.2 Å². The second-order valence-electron chi connectivity index (χ2n) is 3.68. The number of anilines is 1. The molecule has 5 heteroatoms. The molecule has 0 fully saturated rings. The van der Waals surface area contributed by atoms with Crippen molar-refractivity contribution in [3.05, 3.63) is 28.2 Å². The standard InChI is InChI=1S/C13H18BrNO3/c1-3-18-13(16)7-8-15-12-6-4-5-11(14)10(12)9-17-2/h4-6,15H,3,7-9H2,1-2H3. The third-order valence-corrected chi connectivity index (χ3v) is 3.10. The van der Waals surface area contributed by atoms with E-state index in [0.717, 1.165) is 15.7 Å². The minimum atomic E-state index is -0.187. The zero-order valence-electron chi connectivity index (χ0n) is 10.7.